The maximum absolute atomic E-state index is 5.63. The number of nitrogens with zero attached hydrogens (tertiary/aromatic N) is 2. The van der Waals surface area contributed by atoms with Crippen LogP contribution in [-0.4, -0.2) is 9.97 Å². The highest BCUT2D eigenvalue weighted by Crippen LogP contribution is 2.18. The highest BCUT2D eigenvalue weighted by atomic mass is 35.5. The molecule has 2 N–H and O–H groups in total. The standard InChI is InChI=1S/C11H11N3.2ClH/c12-7-9-3-2-6-14-11(9)10-4-1-5-13-8-10;;/h1-6,8H,7,12H2;2*1H. The van der Waals surface area contributed by atoms with E-state index >= 15 is 0 Å². The molecule has 0 aliphatic heterocycles. The van der Waals surface area contributed by atoms with E-state index in [0.29, 0.717) is 6.54 Å². The summed E-state index contributed by atoms with van der Waals surface area (Å²) in [5.74, 6) is 0. The van der Waals surface area contributed by atoms with Crippen LogP contribution in [0.3, 0.4) is 0 Å². The monoisotopic (exact) mass is 257 g/mol. The van der Waals surface area contributed by atoms with Crippen molar-refractivity contribution in [3.63, 3.8) is 0 Å². The van der Waals surface area contributed by atoms with E-state index < -0.39 is 0 Å². The van der Waals surface area contributed by atoms with Crippen LogP contribution in [0.5, 0.6) is 0 Å². The van der Waals surface area contributed by atoms with Crippen molar-refractivity contribution in [1.82, 2.24) is 9.97 Å². The minimum absolute atomic E-state index is 0. The molecule has 0 saturated heterocycles. The van der Waals surface area contributed by atoms with Gasteiger partial charge in [0.1, 0.15) is 0 Å². The Balaban J connectivity index is 0.00000112. The van der Waals surface area contributed by atoms with Gasteiger partial charge in [-0.2, -0.15) is 0 Å². The van der Waals surface area contributed by atoms with E-state index in [9.17, 15) is 0 Å². The zero-order valence-electron chi connectivity index (χ0n) is 8.54. The van der Waals surface area contributed by atoms with E-state index in [0.717, 1.165) is 16.8 Å². The van der Waals surface area contributed by atoms with Crippen LogP contribution in [0.1, 0.15) is 5.56 Å². The topological polar surface area (TPSA) is 51.8 Å². The van der Waals surface area contributed by atoms with Crippen molar-refractivity contribution in [3.8, 4) is 11.3 Å². The number of hydrogen-bond acceptors (Lipinski definition) is 3. The van der Waals surface area contributed by atoms with Gasteiger partial charge in [-0.05, 0) is 23.8 Å². The van der Waals surface area contributed by atoms with Gasteiger partial charge in [0.05, 0.1) is 5.69 Å². The molecule has 0 aromatic carbocycles. The lowest BCUT2D eigenvalue weighted by Gasteiger charge is -2.04. The van der Waals surface area contributed by atoms with Gasteiger partial charge in [0.25, 0.3) is 0 Å². The van der Waals surface area contributed by atoms with Gasteiger partial charge >= 0.3 is 0 Å². The highest BCUT2D eigenvalue weighted by Gasteiger charge is 2.03. The van der Waals surface area contributed by atoms with Gasteiger partial charge in [0, 0.05) is 30.7 Å². The third kappa shape index (κ3) is 3.17. The summed E-state index contributed by atoms with van der Waals surface area (Å²) in [6.07, 6.45) is 5.30. The third-order valence-corrected chi connectivity index (χ3v) is 2.05. The third-order valence-electron chi connectivity index (χ3n) is 2.05. The Labute approximate surface area is 107 Å². The number of hydrogen-bond donors (Lipinski definition) is 1. The molecule has 0 atom stereocenters. The van der Waals surface area contributed by atoms with E-state index in [2.05, 4.69) is 9.97 Å². The van der Waals surface area contributed by atoms with Crippen LogP contribution in [0.15, 0.2) is 42.9 Å². The average molecular weight is 258 g/mol. The maximum Gasteiger partial charge on any atom is 0.0762 e. The van der Waals surface area contributed by atoms with E-state index in [1.54, 1.807) is 18.6 Å². The van der Waals surface area contributed by atoms with Gasteiger partial charge < -0.3 is 5.73 Å². The average Bonchev–Trinajstić information content (AvgIpc) is 2.30. The molecule has 0 saturated carbocycles. The summed E-state index contributed by atoms with van der Waals surface area (Å²) < 4.78 is 0. The van der Waals surface area contributed by atoms with Crippen LogP contribution >= 0.6 is 24.8 Å². The predicted octanol–water partition coefficient (Wildman–Crippen LogP) is 2.45. The largest absolute Gasteiger partial charge is 0.326 e. The molecule has 0 fully saturated rings. The molecule has 2 aromatic heterocycles. The van der Waals surface area contributed by atoms with Crippen LogP contribution < -0.4 is 5.73 Å². The molecule has 2 rings (SSSR count). The lowest BCUT2D eigenvalue weighted by molar-refractivity contribution is 1.05. The first-order valence-corrected chi connectivity index (χ1v) is 4.46. The number of pyridine rings is 2. The van der Waals surface area contributed by atoms with Crippen molar-refractivity contribution in [2.45, 2.75) is 6.54 Å². The summed E-state index contributed by atoms with van der Waals surface area (Å²) in [5.41, 5.74) is 8.60. The molecular formula is C11H13Cl2N3. The summed E-state index contributed by atoms with van der Waals surface area (Å²) in [4.78, 5) is 8.36. The Bertz CT molecular complexity index is 421. The van der Waals surface area contributed by atoms with Crippen LogP contribution in [0.4, 0.5) is 0 Å². The number of nitrogens with two attached hydrogens (primary N) is 1. The molecule has 0 aliphatic carbocycles. The van der Waals surface area contributed by atoms with Crippen molar-refractivity contribution < 1.29 is 0 Å². The summed E-state index contributed by atoms with van der Waals surface area (Å²) in [5, 5.41) is 0. The fourth-order valence-electron chi connectivity index (χ4n) is 1.37. The Morgan fingerprint density at radius 2 is 1.81 bits per heavy atom. The van der Waals surface area contributed by atoms with Crippen molar-refractivity contribution in [2.75, 3.05) is 0 Å². The Morgan fingerprint density at radius 1 is 1.06 bits per heavy atom. The first-order valence-electron chi connectivity index (χ1n) is 4.46. The summed E-state index contributed by atoms with van der Waals surface area (Å²) in [6.45, 7) is 0.498. The maximum atomic E-state index is 5.63. The smallest absolute Gasteiger partial charge is 0.0762 e. The number of halogens is 2. The van der Waals surface area contributed by atoms with E-state index in [1.165, 1.54) is 0 Å². The Hall–Kier alpha value is -1.16. The molecule has 2 aromatic rings. The zero-order valence-corrected chi connectivity index (χ0v) is 10.2. The van der Waals surface area contributed by atoms with Crippen LogP contribution in [0, 0.1) is 0 Å². The van der Waals surface area contributed by atoms with Gasteiger partial charge in [-0.1, -0.05) is 6.07 Å². The van der Waals surface area contributed by atoms with Gasteiger partial charge in [-0.3, -0.25) is 9.97 Å². The molecule has 86 valence electrons. The number of aromatic nitrogens is 2. The SMILES string of the molecule is Cl.Cl.NCc1cccnc1-c1cccnc1. The molecule has 3 nitrogen and oxygen atoms in total. The first kappa shape index (κ1) is 14.8. The van der Waals surface area contributed by atoms with Gasteiger partial charge in [-0.25, -0.2) is 0 Å². The second-order valence-electron chi connectivity index (χ2n) is 2.96. The van der Waals surface area contributed by atoms with E-state index in [-0.39, 0.29) is 24.8 Å². The first-order chi connectivity index (χ1) is 6.92. The highest BCUT2D eigenvalue weighted by molar-refractivity contribution is 5.85. The summed E-state index contributed by atoms with van der Waals surface area (Å²) in [6, 6.07) is 7.75. The molecule has 0 unspecified atom stereocenters. The molecule has 0 spiro atoms. The quantitative estimate of drug-likeness (QED) is 0.900. The summed E-state index contributed by atoms with van der Waals surface area (Å²) in [7, 11) is 0. The Morgan fingerprint density at radius 3 is 2.44 bits per heavy atom. The minimum Gasteiger partial charge on any atom is -0.326 e. The summed E-state index contributed by atoms with van der Waals surface area (Å²) >= 11 is 0. The minimum atomic E-state index is 0. The van der Waals surface area contributed by atoms with Crippen LogP contribution in [-0.2, 0) is 6.54 Å². The van der Waals surface area contributed by atoms with Crippen LogP contribution in [0.25, 0.3) is 11.3 Å². The van der Waals surface area contributed by atoms with E-state index in [4.69, 9.17) is 5.73 Å². The van der Waals surface area contributed by atoms with Gasteiger partial charge in [0.2, 0.25) is 0 Å². The molecule has 0 radical (unpaired) electrons. The van der Waals surface area contributed by atoms with Gasteiger partial charge in [-0.15, -0.1) is 24.8 Å². The normalized spacial score (nSPS) is 8.81. The molecule has 16 heavy (non-hydrogen) atoms. The fourth-order valence-corrected chi connectivity index (χ4v) is 1.37. The zero-order chi connectivity index (χ0) is 9.80. The van der Waals surface area contributed by atoms with Crippen molar-refractivity contribution in [1.29, 1.82) is 0 Å². The van der Waals surface area contributed by atoms with E-state index in [1.807, 2.05) is 24.3 Å². The number of rotatable bonds is 2. The predicted molar refractivity (Wildman–Crippen MR) is 69.9 cm³/mol. The van der Waals surface area contributed by atoms with Crippen molar-refractivity contribution >= 4 is 24.8 Å². The van der Waals surface area contributed by atoms with Crippen molar-refractivity contribution in [2.24, 2.45) is 5.73 Å². The molecular weight excluding hydrogens is 245 g/mol. The van der Waals surface area contributed by atoms with Gasteiger partial charge in [0.15, 0.2) is 0 Å². The molecule has 0 amide bonds. The molecule has 0 aliphatic rings. The second-order valence-corrected chi connectivity index (χ2v) is 2.96. The second kappa shape index (κ2) is 7.17. The lowest BCUT2D eigenvalue weighted by Crippen LogP contribution is -2.00. The van der Waals surface area contributed by atoms with Crippen molar-refractivity contribution in [3.05, 3.63) is 48.4 Å². The lowest BCUT2D eigenvalue weighted by atomic mass is 10.1. The van der Waals surface area contributed by atoms with Crippen LogP contribution in [0.2, 0.25) is 0 Å². The molecule has 0 bridgehead atoms. The fraction of sp³-hybridized carbons (Fsp3) is 0.0909. The molecule has 2 heterocycles. The molecule has 5 heteroatoms. The Kier molecular flexibility index (Phi) is 6.65.